The number of sulfonamides is 1. The topological polar surface area (TPSA) is 101 Å². The second-order valence-electron chi connectivity index (χ2n) is 3.20. The molecule has 0 aliphatic carbocycles. The van der Waals surface area contributed by atoms with Crippen molar-refractivity contribution in [1.82, 2.24) is 10.2 Å². The SMILES string of the molecule is COC(=O)c1sccc1S(=O)(=O)Nc1cn[nH]c1. The van der Waals surface area contributed by atoms with Crippen LogP contribution in [0.2, 0.25) is 0 Å². The van der Waals surface area contributed by atoms with E-state index >= 15 is 0 Å². The van der Waals surface area contributed by atoms with Crippen LogP contribution in [0.5, 0.6) is 0 Å². The van der Waals surface area contributed by atoms with Crippen molar-refractivity contribution in [2.45, 2.75) is 4.90 Å². The summed E-state index contributed by atoms with van der Waals surface area (Å²) in [7, 11) is -2.63. The molecule has 0 saturated heterocycles. The summed E-state index contributed by atoms with van der Waals surface area (Å²) in [5.41, 5.74) is 0.289. The number of anilines is 1. The molecule has 96 valence electrons. The van der Waals surface area contributed by atoms with Gasteiger partial charge in [-0.2, -0.15) is 5.10 Å². The van der Waals surface area contributed by atoms with Crippen molar-refractivity contribution in [3.8, 4) is 0 Å². The molecule has 2 aromatic rings. The quantitative estimate of drug-likeness (QED) is 0.819. The van der Waals surface area contributed by atoms with Gasteiger partial charge in [-0.25, -0.2) is 13.2 Å². The Balaban J connectivity index is 2.36. The first kappa shape index (κ1) is 12.6. The molecule has 7 nitrogen and oxygen atoms in total. The van der Waals surface area contributed by atoms with Gasteiger partial charge < -0.3 is 4.74 Å². The van der Waals surface area contributed by atoms with Gasteiger partial charge in [0, 0.05) is 6.20 Å². The molecular weight excluding hydrogens is 278 g/mol. The van der Waals surface area contributed by atoms with Crippen LogP contribution >= 0.6 is 11.3 Å². The van der Waals surface area contributed by atoms with Crippen molar-refractivity contribution in [1.29, 1.82) is 0 Å². The molecule has 0 aromatic carbocycles. The zero-order chi connectivity index (χ0) is 13.2. The highest BCUT2D eigenvalue weighted by Gasteiger charge is 2.24. The highest BCUT2D eigenvalue weighted by atomic mass is 32.2. The van der Waals surface area contributed by atoms with E-state index < -0.39 is 16.0 Å². The zero-order valence-corrected chi connectivity index (χ0v) is 10.8. The smallest absolute Gasteiger partial charge is 0.349 e. The number of aromatic amines is 1. The van der Waals surface area contributed by atoms with Gasteiger partial charge in [0.1, 0.15) is 9.77 Å². The number of ether oxygens (including phenoxy) is 1. The summed E-state index contributed by atoms with van der Waals surface area (Å²) in [5, 5.41) is 7.61. The first-order valence-corrected chi connectivity index (χ1v) is 7.08. The Morgan fingerprint density at radius 1 is 1.56 bits per heavy atom. The summed E-state index contributed by atoms with van der Waals surface area (Å²) in [4.78, 5) is 11.3. The lowest BCUT2D eigenvalue weighted by Crippen LogP contribution is -2.15. The Hall–Kier alpha value is -1.87. The Morgan fingerprint density at radius 2 is 2.33 bits per heavy atom. The van der Waals surface area contributed by atoms with E-state index in [0.717, 1.165) is 11.3 Å². The van der Waals surface area contributed by atoms with Crippen LogP contribution in [0.15, 0.2) is 28.7 Å². The van der Waals surface area contributed by atoms with Crippen LogP contribution in [-0.4, -0.2) is 31.7 Å². The molecule has 0 unspecified atom stereocenters. The van der Waals surface area contributed by atoms with Gasteiger partial charge in [-0.1, -0.05) is 0 Å². The number of methoxy groups -OCH3 is 1. The number of hydrogen-bond acceptors (Lipinski definition) is 6. The molecule has 0 saturated carbocycles. The number of rotatable bonds is 4. The molecule has 0 atom stereocenters. The standard InChI is InChI=1S/C9H9N3O4S2/c1-16-9(13)8-7(2-3-17-8)18(14,15)12-6-4-10-11-5-6/h2-5,12H,1H3,(H,10,11). The van der Waals surface area contributed by atoms with Gasteiger partial charge in [-0.05, 0) is 11.4 Å². The van der Waals surface area contributed by atoms with E-state index in [4.69, 9.17) is 0 Å². The molecule has 9 heteroatoms. The van der Waals surface area contributed by atoms with E-state index in [1.165, 1.54) is 30.9 Å². The van der Waals surface area contributed by atoms with Crippen LogP contribution in [0.25, 0.3) is 0 Å². The van der Waals surface area contributed by atoms with Gasteiger partial charge in [0.25, 0.3) is 10.0 Å². The average molecular weight is 287 g/mol. The molecule has 2 rings (SSSR count). The molecule has 2 N–H and O–H groups in total. The third-order valence-corrected chi connectivity index (χ3v) is 4.49. The summed E-state index contributed by atoms with van der Waals surface area (Å²) in [6.45, 7) is 0. The minimum Gasteiger partial charge on any atom is -0.465 e. The number of carbonyl (C=O) groups excluding carboxylic acids is 1. The molecule has 0 spiro atoms. The fourth-order valence-corrected chi connectivity index (χ4v) is 3.64. The Bertz CT molecular complexity index is 645. The van der Waals surface area contributed by atoms with Gasteiger partial charge in [-0.3, -0.25) is 9.82 Å². The number of thiophene rings is 1. The van der Waals surface area contributed by atoms with Crippen LogP contribution in [0.3, 0.4) is 0 Å². The number of esters is 1. The maximum absolute atomic E-state index is 12.0. The van der Waals surface area contributed by atoms with Crippen molar-refractivity contribution in [3.05, 3.63) is 28.7 Å². The Morgan fingerprint density at radius 3 is 2.94 bits per heavy atom. The third kappa shape index (κ3) is 2.36. The predicted octanol–water partition coefficient (Wildman–Crippen LogP) is 1.06. The van der Waals surface area contributed by atoms with Crippen LogP contribution in [0, 0.1) is 0 Å². The van der Waals surface area contributed by atoms with Gasteiger partial charge >= 0.3 is 5.97 Å². The molecule has 0 aliphatic heterocycles. The normalized spacial score (nSPS) is 11.2. The molecule has 0 aliphatic rings. The minimum absolute atomic E-state index is 0.0356. The molecule has 2 heterocycles. The lowest BCUT2D eigenvalue weighted by atomic mass is 10.5. The number of aromatic nitrogens is 2. The largest absolute Gasteiger partial charge is 0.465 e. The molecule has 18 heavy (non-hydrogen) atoms. The van der Waals surface area contributed by atoms with Crippen molar-refractivity contribution < 1.29 is 17.9 Å². The maximum Gasteiger partial charge on any atom is 0.349 e. The van der Waals surface area contributed by atoms with Crippen LogP contribution < -0.4 is 4.72 Å². The number of carbonyl (C=O) groups is 1. The van der Waals surface area contributed by atoms with Gasteiger partial charge in [-0.15, -0.1) is 11.3 Å². The van der Waals surface area contributed by atoms with Gasteiger partial charge in [0.05, 0.1) is 19.0 Å². The highest BCUT2D eigenvalue weighted by molar-refractivity contribution is 7.93. The van der Waals surface area contributed by atoms with E-state index in [1.807, 2.05) is 0 Å². The summed E-state index contributed by atoms with van der Waals surface area (Å²) in [6.07, 6.45) is 2.71. The number of nitrogens with one attached hydrogen (secondary N) is 2. The Kier molecular flexibility index (Phi) is 3.34. The number of hydrogen-bond donors (Lipinski definition) is 2. The fourth-order valence-electron chi connectivity index (χ4n) is 1.27. The monoisotopic (exact) mass is 287 g/mol. The first-order chi connectivity index (χ1) is 8.54. The van der Waals surface area contributed by atoms with Crippen molar-refractivity contribution in [2.24, 2.45) is 0 Å². The lowest BCUT2D eigenvalue weighted by molar-refractivity contribution is 0.0602. The van der Waals surface area contributed by atoms with Gasteiger partial charge in [0.15, 0.2) is 0 Å². The summed E-state index contributed by atoms with van der Waals surface area (Å²) >= 11 is 1.00. The molecule has 0 amide bonds. The second kappa shape index (κ2) is 4.78. The van der Waals surface area contributed by atoms with Crippen LogP contribution in [-0.2, 0) is 14.8 Å². The van der Waals surface area contributed by atoms with Crippen LogP contribution in [0.1, 0.15) is 9.67 Å². The minimum atomic E-state index is -3.83. The maximum atomic E-state index is 12.0. The van der Waals surface area contributed by atoms with Crippen LogP contribution in [0.4, 0.5) is 5.69 Å². The predicted molar refractivity (Wildman–Crippen MR) is 65.1 cm³/mol. The summed E-state index contributed by atoms with van der Waals surface area (Å²) in [6, 6.07) is 1.35. The molecule has 0 fully saturated rings. The summed E-state index contributed by atoms with van der Waals surface area (Å²) in [5.74, 6) is -0.683. The second-order valence-corrected chi connectivity index (χ2v) is 5.76. The van der Waals surface area contributed by atoms with E-state index in [2.05, 4.69) is 19.7 Å². The highest BCUT2D eigenvalue weighted by Crippen LogP contribution is 2.24. The first-order valence-electron chi connectivity index (χ1n) is 4.72. The molecular formula is C9H9N3O4S2. The van der Waals surface area contributed by atoms with E-state index in [9.17, 15) is 13.2 Å². The number of H-pyrrole nitrogens is 1. The zero-order valence-electron chi connectivity index (χ0n) is 9.21. The van der Waals surface area contributed by atoms with Crippen molar-refractivity contribution >= 4 is 33.0 Å². The van der Waals surface area contributed by atoms with E-state index in [-0.39, 0.29) is 15.5 Å². The van der Waals surface area contributed by atoms with Gasteiger partial charge in [0.2, 0.25) is 0 Å². The average Bonchev–Trinajstić information content (AvgIpc) is 2.97. The summed E-state index contributed by atoms with van der Waals surface area (Å²) < 4.78 is 30.9. The van der Waals surface area contributed by atoms with Crippen molar-refractivity contribution in [2.75, 3.05) is 11.8 Å². The number of nitrogens with zero attached hydrogens (tertiary/aromatic N) is 1. The molecule has 2 aromatic heterocycles. The third-order valence-electron chi connectivity index (χ3n) is 2.04. The molecule has 0 bridgehead atoms. The Labute approximate surface area is 107 Å². The van der Waals surface area contributed by atoms with Crippen molar-refractivity contribution in [3.63, 3.8) is 0 Å². The lowest BCUT2D eigenvalue weighted by Gasteiger charge is -2.05. The van der Waals surface area contributed by atoms with E-state index in [0.29, 0.717) is 0 Å². The molecule has 0 radical (unpaired) electrons. The van der Waals surface area contributed by atoms with E-state index in [1.54, 1.807) is 0 Å². The fraction of sp³-hybridized carbons (Fsp3) is 0.111.